The van der Waals surface area contributed by atoms with E-state index in [2.05, 4.69) is 4.98 Å². The van der Waals surface area contributed by atoms with Gasteiger partial charge in [-0.25, -0.2) is 4.98 Å². The summed E-state index contributed by atoms with van der Waals surface area (Å²) in [6.07, 6.45) is -3.23. The quantitative estimate of drug-likeness (QED) is 0.443. The van der Waals surface area contributed by atoms with Gasteiger partial charge in [0.2, 0.25) is 5.91 Å². The number of carbonyl (C=O) groups excluding carboxylic acids is 2. The third-order valence-corrected chi connectivity index (χ3v) is 8.24. The number of rotatable bonds is 6. The summed E-state index contributed by atoms with van der Waals surface area (Å²) in [5.41, 5.74) is -0.382. The molecular weight excluding hydrogens is 543 g/mol. The predicted octanol–water partition coefficient (Wildman–Crippen LogP) is 4.27. The molecule has 1 aliphatic heterocycles. The molecule has 4 rings (SSSR count). The average molecular weight is 570 g/mol. The van der Waals surface area contributed by atoms with Gasteiger partial charge < -0.3 is 14.7 Å². The third-order valence-electron chi connectivity index (χ3n) is 6.72. The summed E-state index contributed by atoms with van der Waals surface area (Å²) in [6, 6.07) is 3.79. The first-order chi connectivity index (χ1) is 18.0. The SMILES string of the molecule is CCN(CC)C(=O)Cn1cnc2sc(C(=O)N3CCN(c4ccc(Cl)c(C(F)(F)F)c4)CC3)c(C)c2c1=O. The van der Waals surface area contributed by atoms with Crippen molar-refractivity contribution in [3.05, 3.63) is 55.9 Å². The van der Waals surface area contributed by atoms with Crippen molar-refractivity contribution in [2.24, 2.45) is 0 Å². The Morgan fingerprint density at radius 1 is 1.13 bits per heavy atom. The number of carbonyl (C=O) groups is 2. The molecule has 0 atom stereocenters. The van der Waals surface area contributed by atoms with Crippen LogP contribution in [0, 0.1) is 6.92 Å². The van der Waals surface area contributed by atoms with Crippen molar-refractivity contribution in [1.29, 1.82) is 0 Å². The Morgan fingerprint density at radius 3 is 2.39 bits per heavy atom. The summed E-state index contributed by atoms with van der Waals surface area (Å²) < 4.78 is 41.0. The number of alkyl halides is 3. The summed E-state index contributed by atoms with van der Waals surface area (Å²) in [5.74, 6) is -0.453. The molecule has 0 saturated carbocycles. The molecule has 3 heterocycles. The molecule has 0 N–H and O–H groups in total. The second-order valence-corrected chi connectivity index (χ2v) is 10.3. The number of likely N-dealkylation sites (N-methyl/N-ethyl adjacent to an activating group) is 1. The van der Waals surface area contributed by atoms with E-state index in [1.807, 2.05) is 13.8 Å². The zero-order valence-electron chi connectivity index (χ0n) is 21.1. The van der Waals surface area contributed by atoms with Crippen LogP contribution in [0.5, 0.6) is 0 Å². The van der Waals surface area contributed by atoms with Crippen molar-refractivity contribution < 1.29 is 22.8 Å². The van der Waals surface area contributed by atoms with Gasteiger partial charge in [-0.05, 0) is 44.5 Å². The molecule has 1 aromatic carbocycles. The maximum atomic E-state index is 13.4. The summed E-state index contributed by atoms with van der Waals surface area (Å²) in [4.78, 5) is 49.2. The minimum atomic E-state index is -4.56. The lowest BCUT2D eigenvalue weighted by atomic mass is 10.1. The molecule has 0 unspecified atom stereocenters. The van der Waals surface area contributed by atoms with Crippen LogP contribution in [0.3, 0.4) is 0 Å². The van der Waals surface area contributed by atoms with Crippen LogP contribution in [0.15, 0.2) is 29.3 Å². The van der Waals surface area contributed by atoms with Gasteiger partial charge in [0.05, 0.1) is 27.2 Å². The average Bonchev–Trinajstić information content (AvgIpc) is 3.22. The van der Waals surface area contributed by atoms with Gasteiger partial charge >= 0.3 is 6.18 Å². The van der Waals surface area contributed by atoms with Crippen LogP contribution in [0.2, 0.25) is 5.02 Å². The summed E-state index contributed by atoms with van der Waals surface area (Å²) in [7, 11) is 0. The first-order valence-corrected chi connectivity index (χ1v) is 13.3. The lowest BCUT2D eigenvalue weighted by Crippen LogP contribution is -2.48. The standard InChI is InChI=1S/C25H27ClF3N5O3S/c1-4-31(5-2)19(35)13-34-14-30-22-20(23(34)36)15(3)21(38-22)24(37)33-10-8-32(9-11-33)16-6-7-18(26)17(12-16)25(27,28)29/h6-7,12,14H,4-5,8-11,13H2,1-3H3. The highest BCUT2D eigenvalue weighted by molar-refractivity contribution is 7.20. The Hall–Kier alpha value is -3.12. The Morgan fingerprint density at radius 2 is 1.79 bits per heavy atom. The number of aryl methyl sites for hydroxylation is 1. The van der Waals surface area contributed by atoms with Crippen LogP contribution in [-0.2, 0) is 17.5 Å². The number of halogens is 4. The largest absolute Gasteiger partial charge is 0.417 e. The van der Waals surface area contributed by atoms with E-state index < -0.39 is 11.7 Å². The molecule has 13 heteroatoms. The van der Waals surface area contributed by atoms with Crippen LogP contribution in [-0.4, -0.2) is 70.4 Å². The summed E-state index contributed by atoms with van der Waals surface area (Å²) >= 11 is 6.86. The number of piperazine rings is 1. The second-order valence-electron chi connectivity index (χ2n) is 8.92. The van der Waals surface area contributed by atoms with Gasteiger partial charge in [-0.3, -0.25) is 19.0 Å². The van der Waals surface area contributed by atoms with E-state index in [-0.39, 0.29) is 28.9 Å². The van der Waals surface area contributed by atoms with Crippen LogP contribution in [0.25, 0.3) is 10.2 Å². The van der Waals surface area contributed by atoms with E-state index in [0.717, 1.165) is 17.4 Å². The molecule has 1 saturated heterocycles. The van der Waals surface area contributed by atoms with E-state index in [1.165, 1.54) is 23.0 Å². The fourth-order valence-electron chi connectivity index (χ4n) is 4.54. The zero-order valence-corrected chi connectivity index (χ0v) is 22.7. The van der Waals surface area contributed by atoms with Gasteiger partial charge in [0.25, 0.3) is 11.5 Å². The molecule has 0 bridgehead atoms. The first kappa shape index (κ1) is 27.9. The van der Waals surface area contributed by atoms with Crippen LogP contribution >= 0.6 is 22.9 Å². The van der Waals surface area contributed by atoms with E-state index in [4.69, 9.17) is 11.6 Å². The fourth-order valence-corrected chi connectivity index (χ4v) is 5.87. The normalized spacial score (nSPS) is 14.3. The van der Waals surface area contributed by atoms with Gasteiger partial charge in [0, 0.05) is 45.0 Å². The topological polar surface area (TPSA) is 78.8 Å². The third kappa shape index (κ3) is 5.37. The van der Waals surface area contributed by atoms with E-state index in [1.54, 1.807) is 21.6 Å². The van der Waals surface area contributed by atoms with Crippen molar-refractivity contribution >= 4 is 50.7 Å². The van der Waals surface area contributed by atoms with E-state index in [0.29, 0.717) is 65.6 Å². The van der Waals surface area contributed by atoms with Gasteiger partial charge in [-0.2, -0.15) is 13.2 Å². The van der Waals surface area contributed by atoms with Crippen LogP contribution in [0.4, 0.5) is 18.9 Å². The Labute approximate surface area is 226 Å². The predicted molar refractivity (Wildman–Crippen MR) is 141 cm³/mol. The molecule has 0 aliphatic carbocycles. The lowest BCUT2D eigenvalue weighted by Gasteiger charge is -2.36. The van der Waals surface area contributed by atoms with Gasteiger partial charge in [0.1, 0.15) is 11.4 Å². The van der Waals surface area contributed by atoms with E-state index >= 15 is 0 Å². The molecule has 1 fully saturated rings. The maximum absolute atomic E-state index is 13.4. The van der Waals surface area contributed by atoms with Crippen LogP contribution < -0.4 is 10.5 Å². The maximum Gasteiger partial charge on any atom is 0.417 e. The highest BCUT2D eigenvalue weighted by Crippen LogP contribution is 2.37. The second kappa shape index (κ2) is 10.9. The molecule has 0 radical (unpaired) electrons. The number of fused-ring (bicyclic) bond motifs is 1. The number of nitrogens with zero attached hydrogens (tertiary/aromatic N) is 5. The Bertz CT molecular complexity index is 1430. The highest BCUT2D eigenvalue weighted by atomic mass is 35.5. The number of benzene rings is 1. The number of thiophene rings is 1. The Kier molecular flexibility index (Phi) is 8.03. The van der Waals surface area contributed by atoms with Crippen molar-refractivity contribution in [3.63, 3.8) is 0 Å². The number of amides is 2. The van der Waals surface area contributed by atoms with Crippen LogP contribution in [0.1, 0.15) is 34.6 Å². The molecule has 8 nitrogen and oxygen atoms in total. The number of hydrogen-bond donors (Lipinski definition) is 0. The molecule has 1 aliphatic rings. The number of aromatic nitrogens is 2. The van der Waals surface area contributed by atoms with E-state index in [9.17, 15) is 27.6 Å². The minimum Gasteiger partial charge on any atom is -0.368 e. The molecule has 38 heavy (non-hydrogen) atoms. The van der Waals surface area contributed by atoms with Gasteiger partial charge in [-0.1, -0.05) is 11.6 Å². The Balaban J connectivity index is 1.51. The summed E-state index contributed by atoms with van der Waals surface area (Å²) in [5, 5.41) is -0.0481. The molecule has 2 amide bonds. The summed E-state index contributed by atoms with van der Waals surface area (Å²) in [6.45, 7) is 7.62. The molecule has 2 aromatic heterocycles. The van der Waals surface area contributed by atoms with Crippen molar-refractivity contribution in [1.82, 2.24) is 19.4 Å². The smallest absolute Gasteiger partial charge is 0.368 e. The first-order valence-electron chi connectivity index (χ1n) is 12.1. The van der Waals surface area contributed by atoms with Crippen molar-refractivity contribution in [2.45, 2.75) is 33.5 Å². The van der Waals surface area contributed by atoms with Gasteiger partial charge in [-0.15, -0.1) is 11.3 Å². The molecule has 0 spiro atoms. The lowest BCUT2D eigenvalue weighted by molar-refractivity contribution is -0.137. The number of hydrogen-bond acceptors (Lipinski definition) is 6. The van der Waals surface area contributed by atoms with Crippen molar-refractivity contribution in [3.8, 4) is 0 Å². The molecule has 204 valence electrons. The number of anilines is 1. The fraction of sp³-hybridized carbons (Fsp3) is 0.440. The molecular formula is C25H27ClF3N5O3S. The van der Waals surface area contributed by atoms with Gasteiger partial charge in [0.15, 0.2) is 0 Å². The minimum absolute atomic E-state index is 0.134. The highest BCUT2D eigenvalue weighted by Gasteiger charge is 2.34. The monoisotopic (exact) mass is 569 g/mol. The zero-order chi connectivity index (χ0) is 27.8. The molecule has 3 aromatic rings. The van der Waals surface area contributed by atoms with Crippen molar-refractivity contribution in [2.75, 3.05) is 44.2 Å².